The second kappa shape index (κ2) is 6.03. The Bertz CT molecular complexity index is 557. The number of aryl methyl sites for hydroxylation is 1. The number of thiazole rings is 1. The normalized spacial score (nSPS) is 15.2. The molecule has 3 rings (SSSR count). The molecule has 1 aliphatic rings. The Morgan fingerprint density at radius 2 is 2.30 bits per heavy atom. The maximum Gasteiger partial charge on any atom is 0.107 e. The lowest BCUT2D eigenvalue weighted by Gasteiger charge is -2.13. The lowest BCUT2D eigenvalue weighted by molar-refractivity contribution is 0.315. The van der Waals surface area contributed by atoms with Crippen LogP contribution in [0, 0.1) is 0 Å². The molecule has 0 atom stereocenters. The molecule has 0 unspecified atom stereocenters. The highest BCUT2D eigenvalue weighted by Crippen LogP contribution is 2.20. The first-order valence-electron chi connectivity index (χ1n) is 7.02. The molecule has 6 heteroatoms. The summed E-state index contributed by atoms with van der Waals surface area (Å²) in [6.45, 7) is 2.71. The number of hydrogen-bond acceptors (Lipinski definition) is 5. The quantitative estimate of drug-likeness (QED) is 0.844. The van der Waals surface area contributed by atoms with Crippen molar-refractivity contribution in [1.29, 1.82) is 0 Å². The highest BCUT2D eigenvalue weighted by atomic mass is 32.1. The van der Waals surface area contributed by atoms with Gasteiger partial charge in [0.1, 0.15) is 5.01 Å². The van der Waals surface area contributed by atoms with Crippen molar-refractivity contribution in [3.8, 4) is 0 Å². The summed E-state index contributed by atoms with van der Waals surface area (Å²) in [5.41, 5.74) is 2.40. The summed E-state index contributed by atoms with van der Waals surface area (Å²) in [7, 11) is 4.07. The van der Waals surface area contributed by atoms with E-state index in [-0.39, 0.29) is 0 Å². The molecule has 1 N–H and O–H groups in total. The Balaban J connectivity index is 1.48. The Morgan fingerprint density at radius 3 is 3.00 bits per heavy atom. The van der Waals surface area contributed by atoms with Crippen molar-refractivity contribution in [2.24, 2.45) is 7.05 Å². The van der Waals surface area contributed by atoms with Crippen LogP contribution in [0.15, 0.2) is 17.8 Å². The van der Waals surface area contributed by atoms with Crippen LogP contribution in [-0.4, -0.2) is 32.8 Å². The minimum Gasteiger partial charge on any atom is -0.308 e. The van der Waals surface area contributed by atoms with Gasteiger partial charge >= 0.3 is 0 Å². The molecule has 2 aromatic heterocycles. The lowest BCUT2D eigenvalue weighted by atomic mass is 10.3. The van der Waals surface area contributed by atoms with Gasteiger partial charge in [0.25, 0.3) is 0 Å². The van der Waals surface area contributed by atoms with E-state index in [1.54, 1.807) is 11.3 Å². The summed E-state index contributed by atoms with van der Waals surface area (Å²) in [6, 6.07) is 0.746. The van der Waals surface area contributed by atoms with Gasteiger partial charge in [-0.25, -0.2) is 4.98 Å². The number of hydrogen-bond donors (Lipinski definition) is 1. The predicted molar refractivity (Wildman–Crippen MR) is 80.4 cm³/mol. The standard InChI is InChI=1S/C14H21N5S/c1-18(7-11-5-16-19(2)8-11)9-13-10-20-14(17-13)6-15-12-3-4-12/h5,8,10,12,15H,3-4,6-7,9H2,1-2H3. The third-order valence-electron chi connectivity index (χ3n) is 3.36. The zero-order chi connectivity index (χ0) is 13.9. The third kappa shape index (κ3) is 3.88. The van der Waals surface area contributed by atoms with Gasteiger partial charge in [-0.2, -0.15) is 5.10 Å². The number of nitrogens with one attached hydrogen (secondary N) is 1. The minimum atomic E-state index is 0.746. The molecule has 108 valence electrons. The topological polar surface area (TPSA) is 46.0 Å². The van der Waals surface area contributed by atoms with E-state index in [0.717, 1.165) is 31.4 Å². The van der Waals surface area contributed by atoms with Crippen LogP contribution < -0.4 is 5.32 Å². The van der Waals surface area contributed by atoms with Gasteiger partial charge in [0, 0.05) is 49.9 Å². The van der Waals surface area contributed by atoms with E-state index in [9.17, 15) is 0 Å². The third-order valence-corrected chi connectivity index (χ3v) is 4.26. The molecule has 20 heavy (non-hydrogen) atoms. The van der Waals surface area contributed by atoms with Gasteiger partial charge in [0.2, 0.25) is 0 Å². The van der Waals surface area contributed by atoms with Crippen molar-refractivity contribution in [1.82, 2.24) is 25.0 Å². The zero-order valence-corrected chi connectivity index (χ0v) is 12.9. The van der Waals surface area contributed by atoms with Crippen molar-refractivity contribution in [3.05, 3.63) is 34.0 Å². The van der Waals surface area contributed by atoms with E-state index < -0.39 is 0 Å². The SMILES string of the molecule is CN(Cc1cnn(C)c1)Cc1csc(CNC2CC2)n1. The molecule has 0 saturated heterocycles. The van der Waals surface area contributed by atoms with E-state index in [1.807, 2.05) is 17.9 Å². The second-order valence-electron chi connectivity index (χ2n) is 5.58. The maximum absolute atomic E-state index is 4.69. The summed E-state index contributed by atoms with van der Waals surface area (Å²) >= 11 is 1.75. The largest absolute Gasteiger partial charge is 0.308 e. The average molecular weight is 291 g/mol. The monoisotopic (exact) mass is 291 g/mol. The average Bonchev–Trinajstić information content (AvgIpc) is 3.00. The van der Waals surface area contributed by atoms with Gasteiger partial charge in [-0.05, 0) is 19.9 Å². The van der Waals surface area contributed by atoms with Crippen LogP contribution in [0.5, 0.6) is 0 Å². The zero-order valence-electron chi connectivity index (χ0n) is 12.0. The van der Waals surface area contributed by atoms with E-state index in [1.165, 1.54) is 23.4 Å². The van der Waals surface area contributed by atoms with E-state index in [4.69, 9.17) is 4.98 Å². The van der Waals surface area contributed by atoms with Gasteiger partial charge < -0.3 is 5.32 Å². The van der Waals surface area contributed by atoms with Gasteiger partial charge in [-0.1, -0.05) is 0 Å². The molecule has 1 saturated carbocycles. The highest BCUT2D eigenvalue weighted by Gasteiger charge is 2.20. The summed E-state index contributed by atoms with van der Waals surface area (Å²) < 4.78 is 1.84. The van der Waals surface area contributed by atoms with Crippen molar-refractivity contribution >= 4 is 11.3 Å². The second-order valence-corrected chi connectivity index (χ2v) is 6.52. The van der Waals surface area contributed by atoms with Crippen LogP contribution in [-0.2, 0) is 26.7 Å². The fourth-order valence-electron chi connectivity index (χ4n) is 2.22. The smallest absolute Gasteiger partial charge is 0.107 e. The molecular formula is C14H21N5S. The molecule has 5 nitrogen and oxygen atoms in total. The summed E-state index contributed by atoms with van der Waals surface area (Å²) in [5.74, 6) is 0. The number of rotatable bonds is 7. The molecule has 1 fully saturated rings. The summed E-state index contributed by atoms with van der Waals surface area (Å²) in [6.07, 6.45) is 6.63. The highest BCUT2D eigenvalue weighted by molar-refractivity contribution is 7.09. The molecule has 0 aliphatic heterocycles. The Kier molecular flexibility index (Phi) is 4.14. The van der Waals surface area contributed by atoms with Gasteiger partial charge in [-0.15, -0.1) is 11.3 Å². The number of aromatic nitrogens is 3. The van der Waals surface area contributed by atoms with Crippen molar-refractivity contribution in [2.75, 3.05) is 7.05 Å². The fraction of sp³-hybridized carbons (Fsp3) is 0.571. The van der Waals surface area contributed by atoms with Gasteiger partial charge in [0.15, 0.2) is 0 Å². The molecular weight excluding hydrogens is 270 g/mol. The molecule has 0 spiro atoms. The van der Waals surface area contributed by atoms with Crippen LogP contribution in [0.4, 0.5) is 0 Å². The summed E-state index contributed by atoms with van der Waals surface area (Å²) in [5, 5.41) is 11.1. The Morgan fingerprint density at radius 1 is 1.45 bits per heavy atom. The molecule has 0 bridgehead atoms. The van der Waals surface area contributed by atoms with E-state index in [2.05, 4.69) is 33.9 Å². The molecule has 2 heterocycles. The molecule has 2 aromatic rings. The maximum atomic E-state index is 4.69. The van der Waals surface area contributed by atoms with E-state index in [0.29, 0.717) is 0 Å². The van der Waals surface area contributed by atoms with Crippen molar-refractivity contribution in [2.45, 2.75) is 38.5 Å². The van der Waals surface area contributed by atoms with E-state index >= 15 is 0 Å². The molecule has 0 aromatic carbocycles. The van der Waals surface area contributed by atoms with Crippen LogP contribution in [0.1, 0.15) is 29.1 Å². The first kappa shape index (κ1) is 13.7. The van der Waals surface area contributed by atoms with Gasteiger partial charge in [-0.3, -0.25) is 9.58 Å². The van der Waals surface area contributed by atoms with Gasteiger partial charge in [0.05, 0.1) is 11.9 Å². The molecule has 0 amide bonds. The predicted octanol–water partition coefficient (Wildman–Crippen LogP) is 1.76. The Hall–Kier alpha value is -1.24. The first-order chi connectivity index (χ1) is 9.69. The summed E-state index contributed by atoms with van der Waals surface area (Å²) in [4.78, 5) is 6.96. The fourth-order valence-corrected chi connectivity index (χ4v) is 2.96. The first-order valence-corrected chi connectivity index (χ1v) is 7.90. The van der Waals surface area contributed by atoms with Crippen LogP contribution in [0.3, 0.4) is 0 Å². The van der Waals surface area contributed by atoms with Crippen LogP contribution in [0.2, 0.25) is 0 Å². The van der Waals surface area contributed by atoms with Crippen LogP contribution >= 0.6 is 11.3 Å². The number of nitrogens with zero attached hydrogens (tertiary/aromatic N) is 4. The van der Waals surface area contributed by atoms with Crippen molar-refractivity contribution in [3.63, 3.8) is 0 Å². The van der Waals surface area contributed by atoms with Crippen molar-refractivity contribution < 1.29 is 0 Å². The lowest BCUT2D eigenvalue weighted by Crippen LogP contribution is -2.18. The molecule has 0 radical (unpaired) electrons. The Labute approximate surface area is 123 Å². The molecule has 1 aliphatic carbocycles. The van der Waals surface area contributed by atoms with Crippen LogP contribution in [0.25, 0.3) is 0 Å². The minimum absolute atomic E-state index is 0.746.